The molecule has 2 aromatic carbocycles. The highest BCUT2D eigenvalue weighted by atomic mass is 19.3. The van der Waals surface area contributed by atoms with Crippen molar-refractivity contribution in [3.63, 3.8) is 0 Å². The molecule has 0 aliphatic rings. The smallest absolute Gasteiger partial charge is 0.387 e. The van der Waals surface area contributed by atoms with Crippen LogP contribution >= 0.6 is 0 Å². The molecule has 1 amide bonds. The lowest BCUT2D eigenvalue weighted by atomic mass is 10.1. The normalized spacial score (nSPS) is 10.5. The zero-order valence-electron chi connectivity index (χ0n) is 14.2. The quantitative estimate of drug-likeness (QED) is 0.615. The molecule has 2 rings (SSSR count). The summed E-state index contributed by atoms with van der Waals surface area (Å²) in [6.45, 7) is 0.480. The molecule has 9 heteroatoms. The number of nitrogens with zero attached hydrogens (tertiary/aromatic N) is 1. The molecule has 0 bridgehead atoms. The summed E-state index contributed by atoms with van der Waals surface area (Å²) in [6.07, 6.45) is 0. The lowest BCUT2D eigenvalue weighted by molar-refractivity contribution is -0.385. The van der Waals surface area contributed by atoms with Crippen LogP contribution in [-0.2, 0) is 0 Å². The third-order valence-corrected chi connectivity index (χ3v) is 3.42. The van der Waals surface area contributed by atoms with Gasteiger partial charge in [0.25, 0.3) is 11.6 Å². The summed E-state index contributed by atoms with van der Waals surface area (Å²) < 4.78 is 34.0. The number of halogens is 2. The first kappa shape index (κ1) is 19.1. The number of anilines is 1. The number of alkyl halides is 2. The van der Waals surface area contributed by atoms with Crippen LogP contribution in [0.15, 0.2) is 30.3 Å². The van der Waals surface area contributed by atoms with Crippen molar-refractivity contribution >= 4 is 17.3 Å². The van der Waals surface area contributed by atoms with Crippen molar-refractivity contribution in [1.82, 2.24) is 0 Å². The number of rotatable bonds is 6. The lowest BCUT2D eigenvalue weighted by Gasteiger charge is -2.12. The highest BCUT2D eigenvalue weighted by molar-refractivity contribution is 6.07. The number of nitro benzene ring substituents is 1. The first-order valence-electron chi connectivity index (χ1n) is 7.42. The van der Waals surface area contributed by atoms with Gasteiger partial charge in [-0.15, -0.1) is 0 Å². The summed E-state index contributed by atoms with van der Waals surface area (Å²) in [5, 5.41) is 13.8. The number of carbonyl (C=O) groups excluding carboxylic acids is 1. The molecule has 0 unspecified atom stereocenters. The van der Waals surface area contributed by atoms with Gasteiger partial charge in [0.1, 0.15) is 5.56 Å². The Morgan fingerprint density at radius 1 is 1.12 bits per heavy atom. The summed E-state index contributed by atoms with van der Waals surface area (Å²) in [6, 6.07) is 7.03. The largest absolute Gasteiger partial charge is 0.493 e. The number of ether oxygens (including phenoxy) is 2. The average molecular weight is 366 g/mol. The molecule has 2 aromatic rings. The molecule has 0 aromatic heterocycles. The Morgan fingerprint density at radius 2 is 1.73 bits per heavy atom. The Bertz CT molecular complexity index is 835. The number of aryl methyl sites for hydroxylation is 2. The molecule has 138 valence electrons. The SMILES string of the molecule is COc1cc(C(=O)Nc2cc(C)cc(C)c2)c([N+](=O)[O-])cc1OC(F)F. The number of nitrogens with one attached hydrogen (secondary N) is 1. The van der Waals surface area contributed by atoms with Crippen molar-refractivity contribution in [2.75, 3.05) is 12.4 Å². The fourth-order valence-electron chi connectivity index (χ4n) is 2.48. The fourth-order valence-corrected chi connectivity index (χ4v) is 2.48. The van der Waals surface area contributed by atoms with Crippen LogP contribution < -0.4 is 14.8 Å². The maximum atomic E-state index is 12.5. The standard InChI is InChI=1S/C17H16F2N2O5/c1-9-4-10(2)6-11(5-9)20-16(22)12-7-14(25-3)15(26-17(18)19)8-13(12)21(23)24/h4-8,17H,1-3H3,(H,20,22). The van der Waals surface area contributed by atoms with E-state index in [0.29, 0.717) is 5.69 Å². The van der Waals surface area contributed by atoms with E-state index in [1.54, 1.807) is 12.1 Å². The second-order valence-electron chi connectivity index (χ2n) is 5.49. The van der Waals surface area contributed by atoms with E-state index < -0.39 is 28.9 Å². The van der Waals surface area contributed by atoms with Gasteiger partial charge in [-0.05, 0) is 37.1 Å². The number of hydrogen-bond acceptors (Lipinski definition) is 5. The molecule has 1 N–H and O–H groups in total. The molecular weight excluding hydrogens is 350 g/mol. The van der Waals surface area contributed by atoms with Crippen LogP contribution in [0.2, 0.25) is 0 Å². The number of benzene rings is 2. The van der Waals surface area contributed by atoms with Gasteiger partial charge in [-0.2, -0.15) is 8.78 Å². The molecule has 0 aliphatic carbocycles. The molecule has 0 radical (unpaired) electrons. The van der Waals surface area contributed by atoms with E-state index in [2.05, 4.69) is 10.1 Å². The molecule has 0 spiro atoms. The van der Waals surface area contributed by atoms with Gasteiger partial charge in [0.15, 0.2) is 11.5 Å². The summed E-state index contributed by atoms with van der Waals surface area (Å²) >= 11 is 0. The van der Waals surface area contributed by atoms with Gasteiger partial charge in [-0.25, -0.2) is 0 Å². The third-order valence-electron chi connectivity index (χ3n) is 3.42. The topological polar surface area (TPSA) is 90.7 Å². The number of nitro groups is 1. The Hall–Kier alpha value is -3.23. The number of carbonyl (C=O) groups is 1. The minimum absolute atomic E-state index is 0.221. The zero-order valence-corrected chi connectivity index (χ0v) is 14.2. The van der Waals surface area contributed by atoms with Gasteiger partial charge < -0.3 is 14.8 Å². The second kappa shape index (κ2) is 7.77. The van der Waals surface area contributed by atoms with Crippen LogP contribution in [0.4, 0.5) is 20.2 Å². The van der Waals surface area contributed by atoms with E-state index in [0.717, 1.165) is 23.3 Å². The minimum Gasteiger partial charge on any atom is -0.493 e. The van der Waals surface area contributed by atoms with Crippen molar-refractivity contribution in [3.8, 4) is 11.5 Å². The highest BCUT2D eigenvalue weighted by Gasteiger charge is 2.26. The van der Waals surface area contributed by atoms with Crippen molar-refractivity contribution in [2.45, 2.75) is 20.5 Å². The van der Waals surface area contributed by atoms with E-state index >= 15 is 0 Å². The Balaban J connectivity index is 2.45. The van der Waals surface area contributed by atoms with Crippen LogP contribution in [0.3, 0.4) is 0 Å². The molecule has 0 heterocycles. The summed E-state index contributed by atoms with van der Waals surface area (Å²) in [4.78, 5) is 22.9. The van der Waals surface area contributed by atoms with Crippen molar-refractivity contribution in [3.05, 3.63) is 57.1 Å². The van der Waals surface area contributed by atoms with Gasteiger partial charge in [0.2, 0.25) is 0 Å². The zero-order chi connectivity index (χ0) is 19.4. The van der Waals surface area contributed by atoms with E-state index in [1.165, 1.54) is 7.11 Å². The number of methoxy groups -OCH3 is 1. The number of amides is 1. The molecule has 7 nitrogen and oxygen atoms in total. The van der Waals surface area contributed by atoms with Crippen molar-refractivity contribution < 1.29 is 28.0 Å². The minimum atomic E-state index is -3.20. The summed E-state index contributed by atoms with van der Waals surface area (Å²) in [5.41, 5.74) is 1.23. The lowest BCUT2D eigenvalue weighted by Crippen LogP contribution is -2.15. The van der Waals surface area contributed by atoms with Crippen molar-refractivity contribution in [1.29, 1.82) is 0 Å². The monoisotopic (exact) mass is 366 g/mol. The van der Waals surface area contributed by atoms with Gasteiger partial charge >= 0.3 is 6.61 Å². The Kier molecular flexibility index (Phi) is 5.71. The molecule has 0 saturated heterocycles. The molecule has 0 fully saturated rings. The highest BCUT2D eigenvalue weighted by Crippen LogP contribution is 2.36. The predicted molar refractivity (Wildman–Crippen MR) is 90.1 cm³/mol. The second-order valence-corrected chi connectivity index (χ2v) is 5.49. The molecule has 26 heavy (non-hydrogen) atoms. The molecule has 0 atom stereocenters. The number of hydrogen-bond donors (Lipinski definition) is 1. The van der Waals surface area contributed by atoms with Gasteiger partial charge in [-0.1, -0.05) is 6.07 Å². The first-order valence-corrected chi connectivity index (χ1v) is 7.42. The van der Waals surface area contributed by atoms with Crippen LogP contribution in [0.25, 0.3) is 0 Å². The van der Waals surface area contributed by atoms with Crippen LogP contribution in [0, 0.1) is 24.0 Å². The molecule has 0 aliphatic heterocycles. The maximum absolute atomic E-state index is 12.5. The molecule has 0 saturated carbocycles. The van der Waals surface area contributed by atoms with E-state index in [9.17, 15) is 23.7 Å². The first-order chi connectivity index (χ1) is 12.2. The van der Waals surface area contributed by atoms with E-state index in [1.807, 2.05) is 19.9 Å². The van der Waals surface area contributed by atoms with Crippen LogP contribution in [0.1, 0.15) is 21.5 Å². The predicted octanol–water partition coefficient (Wildman–Crippen LogP) is 4.07. The van der Waals surface area contributed by atoms with E-state index in [4.69, 9.17) is 4.74 Å². The van der Waals surface area contributed by atoms with Crippen LogP contribution in [0.5, 0.6) is 11.5 Å². The van der Waals surface area contributed by atoms with Gasteiger partial charge in [0.05, 0.1) is 18.1 Å². The van der Waals surface area contributed by atoms with Gasteiger partial charge in [0, 0.05) is 11.8 Å². The Morgan fingerprint density at radius 3 is 2.23 bits per heavy atom. The summed E-state index contributed by atoms with van der Waals surface area (Å²) in [5.74, 6) is -1.53. The maximum Gasteiger partial charge on any atom is 0.387 e. The average Bonchev–Trinajstić information content (AvgIpc) is 2.52. The summed E-state index contributed by atoms with van der Waals surface area (Å²) in [7, 11) is 1.17. The fraction of sp³-hybridized carbons (Fsp3) is 0.235. The molecular formula is C17H16F2N2O5. The van der Waals surface area contributed by atoms with Crippen molar-refractivity contribution in [2.24, 2.45) is 0 Å². The van der Waals surface area contributed by atoms with Gasteiger partial charge in [-0.3, -0.25) is 14.9 Å². The van der Waals surface area contributed by atoms with Crippen LogP contribution in [-0.4, -0.2) is 24.6 Å². The Labute approximate surface area is 147 Å². The van der Waals surface area contributed by atoms with E-state index in [-0.39, 0.29) is 11.3 Å². The third kappa shape index (κ3) is 4.44.